The molecule has 2 aromatic rings. The largest absolute Gasteiger partial charge is 0.480 e. The Kier molecular flexibility index (Phi) is 9.14. The molecular formula is C17H24N2O4S. The molecule has 0 aliphatic carbocycles. The molecule has 1 aromatic carbocycles. The van der Waals surface area contributed by atoms with E-state index >= 15 is 0 Å². The molecule has 0 bridgehead atoms. The van der Waals surface area contributed by atoms with Gasteiger partial charge in [0, 0.05) is 11.6 Å². The Morgan fingerprint density at radius 3 is 2.58 bits per heavy atom. The number of hydrogen-bond acceptors (Lipinski definition) is 5. The average Bonchev–Trinajstić information content (AvgIpc) is 2.62. The molecule has 2 unspecified atom stereocenters. The fourth-order valence-electron chi connectivity index (χ4n) is 2.47. The summed E-state index contributed by atoms with van der Waals surface area (Å²) in [6.45, 7) is 2.11. The third-order valence-electron chi connectivity index (χ3n) is 3.67. The van der Waals surface area contributed by atoms with E-state index in [4.69, 9.17) is 5.21 Å². The minimum Gasteiger partial charge on any atom is -0.480 e. The number of unbranched alkanes of at least 4 members (excludes halogenated alkanes) is 3. The number of nitrogens with two attached hydrogens (primary N) is 1. The molecule has 132 valence electrons. The second-order valence-corrected chi connectivity index (χ2v) is 6.91. The number of carbonyl (C=O) groups is 1. The summed E-state index contributed by atoms with van der Waals surface area (Å²) < 4.78 is 12.8. The number of hydrogen-bond donors (Lipinski definition) is 3. The van der Waals surface area contributed by atoms with Crippen molar-refractivity contribution in [1.82, 2.24) is 4.98 Å². The minimum atomic E-state index is -1.59. The zero-order valence-electron chi connectivity index (χ0n) is 13.7. The highest BCUT2D eigenvalue weighted by molar-refractivity contribution is 7.86. The maximum absolute atomic E-state index is 12.8. The summed E-state index contributed by atoms with van der Waals surface area (Å²) in [7, 11) is -1.59. The zero-order valence-corrected chi connectivity index (χ0v) is 14.5. The average molecular weight is 352 g/mol. The standard InChI is InChI=1S/C17H21NO3S.H3NO/c1-2-3-4-5-10-15(17(19)20)22(21)14-11-6-8-13-9-7-12-18-16(13)14;1-2/h6-9,11-12,15H,2-5,10H2,1H3,(H,19,20);2H,1H2. The molecule has 1 aromatic heterocycles. The molecule has 0 aliphatic rings. The van der Waals surface area contributed by atoms with Gasteiger partial charge in [-0.25, -0.2) is 5.90 Å². The molecule has 6 nitrogen and oxygen atoms in total. The lowest BCUT2D eigenvalue weighted by Crippen LogP contribution is -2.26. The molecular weight excluding hydrogens is 328 g/mol. The molecule has 2 rings (SSSR count). The SMILES string of the molecule is CCCCCCC(C(=O)O)S(=O)c1cccc2cccnc12.NO. The van der Waals surface area contributed by atoms with Crippen LogP contribution in [0.1, 0.15) is 39.0 Å². The Balaban J connectivity index is 0.00000139. The quantitative estimate of drug-likeness (QED) is 0.497. The van der Waals surface area contributed by atoms with Gasteiger partial charge in [-0.1, -0.05) is 50.8 Å². The maximum Gasteiger partial charge on any atom is 0.319 e. The number of nitrogens with zero attached hydrogens (tertiary/aromatic N) is 1. The predicted octanol–water partition coefficient (Wildman–Crippen LogP) is 3.10. The number of aliphatic carboxylic acids is 1. The van der Waals surface area contributed by atoms with Gasteiger partial charge < -0.3 is 10.3 Å². The van der Waals surface area contributed by atoms with Crippen LogP contribution in [-0.2, 0) is 15.6 Å². The van der Waals surface area contributed by atoms with Crippen LogP contribution >= 0.6 is 0 Å². The molecule has 0 saturated carbocycles. The lowest BCUT2D eigenvalue weighted by Gasteiger charge is -2.13. The Hall–Kier alpha value is -1.83. The van der Waals surface area contributed by atoms with E-state index in [0.29, 0.717) is 16.8 Å². The number of pyridine rings is 1. The van der Waals surface area contributed by atoms with E-state index in [0.717, 1.165) is 31.1 Å². The summed E-state index contributed by atoms with van der Waals surface area (Å²) in [6, 6.07) is 9.11. The Morgan fingerprint density at radius 2 is 1.92 bits per heavy atom. The van der Waals surface area contributed by atoms with Crippen molar-refractivity contribution >= 4 is 27.7 Å². The van der Waals surface area contributed by atoms with Gasteiger partial charge in [-0.05, 0) is 18.6 Å². The smallest absolute Gasteiger partial charge is 0.319 e. The topological polar surface area (TPSA) is 114 Å². The van der Waals surface area contributed by atoms with E-state index in [1.807, 2.05) is 18.2 Å². The number of aromatic nitrogens is 1. The second kappa shape index (κ2) is 10.9. The van der Waals surface area contributed by atoms with Gasteiger partial charge in [0.25, 0.3) is 0 Å². The van der Waals surface area contributed by atoms with Crippen LogP contribution in [0, 0.1) is 0 Å². The number of benzene rings is 1. The first kappa shape index (κ1) is 20.2. The predicted molar refractivity (Wildman–Crippen MR) is 94.3 cm³/mol. The van der Waals surface area contributed by atoms with Gasteiger partial charge in [0.2, 0.25) is 0 Å². The van der Waals surface area contributed by atoms with Crippen LogP contribution in [-0.4, -0.2) is 30.7 Å². The lowest BCUT2D eigenvalue weighted by molar-refractivity contribution is -0.136. The minimum absolute atomic E-state index is 0.436. The molecule has 0 fully saturated rings. The van der Waals surface area contributed by atoms with Gasteiger partial charge in [0.1, 0.15) is 5.25 Å². The first-order valence-corrected chi connectivity index (χ1v) is 9.09. The summed E-state index contributed by atoms with van der Waals surface area (Å²) in [5, 5.41) is 15.9. The summed E-state index contributed by atoms with van der Waals surface area (Å²) >= 11 is 0. The van der Waals surface area contributed by atoms with E-state index < -0.39 is 22.0 Å². The molecule has 0 amide bonds. The molecule has 2 atom stereocenters. The number of carboxylic acid groups (broad SMARTS) is 1. The summed E-state index contributed by atoms with van der Waals surface area (Å²) in [6.07, 6.45) is 6.01. The molecule has 0 radical (unpaired) electrons. The molecule has 0 spiro atoms. The van der Waals surface area contributed by atoms with Crippen molar-refractivity contribution in [2.75, 3.05) is 0 Å². The highest BCUT2D eigenvalue weighted by Gasteiger charge is 2.26. The molecule has 7 heteroatoms. The fraction of sp³-hybridized carbons (Fsp3) is 0.412. The van der Waals surface area contributed by atoms with Crippen molar-refractivity contribution < 1.29 is 19.3 Å². The van der Waals surface area contributed by atoms with Crippen LogP contribution in [0.2, 0.25) is 0 Å². The van der Waals surface area contributed by atoms with Gasteiger partial charge in [0.05, 0.1) is 21.2 Å². The Labute approximate surface area is 144 Å². The van der Waals surface area contributed by atoms with Gasteiger partial charge in [-0.3, -0.25) is 14.0 Å². The normalized spacial score (nSPS) is 13.0. The van der Waals surface area contributed by atoms with E-state index in [9.17, 15) is 14.1 Å². The van der Waals surface area contributed by atoms with Crippen molar-refractivity contribution in [1.29, 1.82) is 0 Å². The molecule has 24 heavy (non-hydrogen) atoms. The molecule has 4 N–H and O–H groups in total. The van der Waals surface area contributed by atoms with Crippen molar-refractivity contribution in [3.63, 3.8) is 0 Å². The van der Waals surface area contributed by atoms with Gasteiger partial charge in [-0.2, -0.15) is 0 Å². The summed E-state index contributed by atoms with van der Waals surface area (Å²) in [5.41, 5.74) is 0.628. The highest BCUT2D eigenvalue weighted by atomic mass is 32.2. The van der Waals surface area contributed by atoms with Crippen molar-refractivity contribution in [2.24, 2.45) is 5.90 Å². The van der Waals surface area contributed by atoms with Crippen LogP contribution in [0.3, 0.4) is 0 Å². The van der Waals surface area contributed by atoms with Crippen molar-refractivity contribution in [3.8, 4) is 0 Å². The van der Waals surface area contributed by atoms with Crippen molar-refractivity contribution in [3.05, 3.63) is 36.5 Å². The molecule has 1 heterocycles. The molecule has 0 saturated heterocycles. The first-order chi connectivity index (χ1) is 11.6. The van der Waals surface area contributed by atoms with Gasteiger partial charge >= 0.3 is 5.97 Å². The highest BCUT2D eigenvalue weighted by Crippen LogP contribution is 2.23. The number of rotatable bonds is 8. The van der Waals surface area contributed by atoms with E-state index in [2.05, 4.69) is 17.8 Å². The fourth-order valence-corrected chi connectivity index (χ4v) is 3.91. The lowest BCUT2D eigenvalue weighted by atomic mass is 10.1. The second-order valence-electron chi connectivity index (χ2n) is 5.30. The Bertz CT molecular complexity index is 673. The maximum atomic E-state index is 12.8. The van der Waals surface area contributed by atoms with E-state index in [-0.39, 0.29) is 0 Å². The number of para-hydroxylation sites is 1. The number of carboxylic acids is 1. The Morgan fingerprint density at radius 1 is 1.21 bits per heavy atom. The van der Waals surface area contributed by atoms with Crippen LogP contribution in [0.15, 0.2) is 41.4 Å². The van der Waals surface area contributed by atoms with Gasteiger partial charge in [0.15, 0.2) is 0 Å². The summed E-state index contributed by atoms with van der Waals surface area (Å²) in [5.74, 6) is 2.50. The van der Waals surface area contributed by atoms with Gasteiger partial charge in [-0.15, -0.1) is 0 Å². The van der Waals surface area contributed by atoms with Crippen LogP contribution in [0.25, 0.3) is 10.9 Å². The summed E-state index contributed by atoms with van der Waals surface area (Å²) in [4.78, 5) is 16.3. The van der Waals surface area contributed by atoms with Crippen molar-refractivity contribution in [2.45, 2.75) is 49.2 Å². The third-order valence-corrected chi connectivity index (χ3v) is 5.38. The zero-order chi connectivity index (χ0) is 17.9. The van der Waals surface area contributed by atoms with Crippen LogP contribution < -0.4 is 5.90 Å². The monoisotopic (exact) mass is 352 g/mol. The number of fused-ring (bicyclic) bond motifs is 1. The van der Waals surface area contributed by atoms with E-state index in [1.54, 1.807) is 18.3 Å². The molecule has 0 aliphatic heterocycles. The van der Waals surface area contributed by atoms with E-state index in [1.165, 1.54) is 0 Å². The first-order valence-electron chi connectivity index (χ1n) is 7.88. The van der Waals surface area contributed by atoms with Crippen LogP contribution in [0.5, 0.6) is 0 Å². The third kappa shape index (κ3) is 5.36. The van der Waals surface area contributed by atoms with Crippen LogP contribution in [0.4, 0.5) is 0 Å².